The molecule has 1 aliphatic heterocycles. The average molecular weight is 407 g/mol. The number of nitrogens with one attached hydrogen (secondary N) is 2. The lowest BCUT2D eigenvalue weighted by molar-refractivity contribution is 0.0527. The minimum absolute atomic E-state index is 0.230. The van der Waals surface area contributed by atoms with Crippen molar-refractivity contribution in [2.45, 2.75) is 13.5 Å². The zero-order valence-corrected chi connectivity index (χ0v) is 16.3. The number of carbonyl (C=O) groups is 1. The van der Waals surface area contributed by atoms with Crippen molar-refractivity contribution in [2.24, 2.45) is 0 Å². The van der Waals surface area contributed by atoms with Gasteiger partial charge in [-0.25, -0.2) is 14.8 Å². The molecule has 9 nitrogen and oxygen atoms in total. The third-order valence-corrected chi connectivity index (χ3v) is 4.46. The third kappa shape index (κ3) is 4.04. The van der Waals surface area contributed by atoms with Crippen LogP contribution < -0.4 is 25.8 Å². The summed E-state index contributed by atoms with van der Waals surface area (Å²) in [4.78, 5) is 20.6. The van der Waals surface area contributed by atoms with Crippen molar-refractivity contribution in [3.63, 3.8) is 0 Å². The van der Waals surface area contributed by atoms with Gasteiger partial charge in [-0.3, -0.25) is 0 Å². The van der Waals surface area contributed by atoms with E-state index in [9.17, 15) is 4.79 Å². The van der Waals surface area contributed by atoms with Crippen LogP contribution in [0.3, 0.4) is 0 Å². The van der Waals surface area contributed by atoms with Crippen molar-refractivity contribution >= 4 is 29.0 Å². The van der Waals surface area contributed by atoms with Gasteiger partial charge in [0.2, 0.25) is 6.79 Å². The highest BCUT2D eigenvalue weighted by Crippen LogP contribution is 2.33. The van der Waals surface area contributed by atoms with Crippen molar-refractivity contribution in [1.29, 1.82) is 0 Å². The lowest BCUT2D eigenvalue weighted by Gasteiger charge is -2.14. The maximum absolute atomic E-state index is 12.2. The van der Waals surface area contributed by atoms with E-state index in [1.807, 2.05) is 18.2 Å². The molecule has 0 aliphatic carbocycles. The van der Waals surface area contributed by atoms with E-state index in [2.05, 4.69) is 20.6 Å². The van der Waals surface area contributed by atoms with Crippen LogP contribution in [-0.2, 0) is 11.3 Å². The fourth-order valence-corrected chi connectivity index (χ4v) is 2.98. The highest BCUT2D eigenvalue weighted by atomic mass is 16.7. The van der Waals surface area contributed by atoms with Crippen molar-refractivity contribution in [3.8, 4) is 11.5 Å². The Bertz CT molecular complexity index is 1070. The number of para-hydroxylation sites is 1. The normalized spacial score (nSPS) is 11.8. The topological polar surface area (TPSA) is 121 Å². The molecular weight excluding hydrogens is 386 g/mol. The number of hydrogen-bond donors (Lipinski definition) is 3. The quantitative estimate of drug-likeness (QED) is 0.506. The molecule has 0 unspecified atom stereocenters. The number of hydrogen-bond acceptors (Lipinski definition) is 9. The Balaban J connectivity index is 1.50. The van der Waals surface area contributed by atoms with E-state index in [1.165, 1.54) is 6.33 Å². The molecule has 0 radical (unpaired) electrons. The SMILES string of the molecule is CCOC(=O)c1ccccc1Nc1ncnc(NCc2ccc3c(c2)OCO3)c1N. The summed E-state index contributed by atoms with van der Waals surface area (Å²) in [5.74, 6) is 1.87. The molecular formula is C21H21N5O4. The molecule has 0 saturated carbocycles. The van der Waals surface area contributed by atoms with Crippen LogP contribution in [0, 0.1) is 0 Å². The highest BCUT2D eigenvalue weighted by Gasteiger charge is 2.16. The number of aromatic nitrogens is 2. The molecule has 0 fully saturated rings. The van der Waals surface area contributed by atoms with Gasteiger partial charge in [0.15, 0.2) is 23.1 Å². The molecule has 1 aromatic heterocycles. The van der Waals surface area contributed by atoms with E-state index in [-0.39, 0.29) is 13.4 Å². The summed E-state index contributed by atoms with van der Waals surface area (Å²) in [6, 6.07) is 12.7. The van der Waals surface area contributed by atoms with Gasteiger partial charge in [0.1, 0.15) is 12.0 Å². The second kappa shape index (κ2) is 8.56. The van der Waals surface area contributed by atoms with Gasteiger partial charge in [0.05, 0.1) is 17.9 Å². The second-order valence-corrected chi connectivity index (χ2v) is 6.42. The number of carbonyl (C=O) groups excluding carboxylic acids is 1. The standard InChI is InChI=1S/C21H21N5O4/c1-2-28-21(27)14-5-3-4-6-15(14)26-20-18(22)19(24-11-25-20)23-10-13-7-8-16-17(9-13)30-12-29-16/h3-9,11H,2,10,12,22H2,1H3,(H2,23,24,25,26). The summed E-state index contributed by atoms with van der Waals surface area (Å²) in [5.41, 5.74) is 8.52. The van der Waals surface area contributed by atoms with Gasteiger partial charge in [-0.05, 0) is 36.8 Å². The minimum Gasteiger partial charge on any atom is -0.462 e. The van der Waals surface area contributed by atoms with Gasteiger partial charge in [-0.2, -0.15) is 0 Å². The molecule has 2 heterocycles. The van der Waals surface area contributed by atoms with Crippen LogP contribution in [-0.4, -0.2) is 29.3 Å². The van der Waals surface area contributed by atoms with Crippen LogP contribution in [0.5, 0.6) is 11.5 Å². The van der Waals surface area contributed by atoms with Crippen LogP contribution in [0.25, 0.3) is 0 Å². The zero-order valence-electron chi connectivity index (χ0n) is 16.3. The fourth-order valence-electron chi connectivity index (χ4n) is 2.98. The van der Waals surface area contributed by atoms with E-state index >= 15 is 0 Å². The molecule has 0 bridgehead atoms. The van der Waals surface area contributed by atoms with E-state index in [1.54, 1.807) is 31.2 Å². The predicted octanol–water partition coefficient (Wildman–Crippen LogP) is 3.32. The molecule has 3 aromatic rings. The minimum atomic E-state index is -0.422. The predicted molar refractivity (Wildman–Crippen MR) is 112 cm³/mol. The summed E-state index contributed by atoms with van der Waals surface area (Å²) in [5, 5.41) is 6.30. The molecule has 1 aliphatic rings. The largest absolute Gasteiger partial charge is 0.462 e. The van der Waals surface area contributed by atoms with Crippen LogP contribution >= 0.6 is 0 Å². The molecule has 0 saturated heterocycles. The Labute approximate surface area is 173 Å². The average Bonchev–Trinajstić information content (AvgIpc) is 3.23. The Morgan fingerprint density at radius 3 is 2.80 bits per heavy atom. The number of esters is 1. The first-order valence-corrected chi connectivity index (χ1v) is 9.41. The molecule has 0 amide bonds. The number of rotatable bonds is 7. The molecule has 9 heteroatoms. The molecule has 30 heavy (non-hydrogen) atoms. The first-order valence-electron chi connectivity index (χ1n) is 9.41. The van der Waals surface area contributed by atoms with E-state index in [0.29, 0.717) is 40.9 Å². The number of ether oxygens (including phenoxy) is 3. The van der Waals surface area contributed by atoms with E-state index in [4.69, 9.17) is 19.9 Å². The fraction of sp³-hybridized carbons (Fsp3) is 0.190. The van der Waals surface area contributed by atoms with E-state index in [0.717, 1.165) is 11.3 Å². The Hall–Kier alpha value is -4.01. The summed E-state index contributed by atoms with van der Waals surface area (Å²) in [7, 11) is 0. The number of benzene rings is 2. The molecule has 4 N–H and O–H groups in total. The van der Waals surface area contributed by atoms with Gasteiger partial charge in [0, 0.05) is 6.54 Å². The van der Waals surface area contributed by atoms with Crippen molar-refractivity contribution in [2.75, 3.05) is 29.8 Å². The molecule has 2 aromatic carbocycles. The lowest BCUT2D eigenvalue weighted by atomic mass is 10.1. The lowest BCUT2D eigenvalue weighted by Crippen LogP contribution is -2.11. The molecule has 0 spiro atoms. The zero-order chi connectivity index (χ0) is 20.9. The highest BCUT2D eigenvalue weighted by molar-refractivity contribution is 5.97. The number of anilines is 4. The Kier molecular flexibility index (Phi) is 5.51. The number of nitrogens with two attached hydrogens (primary N) is 1. The second-order valence-electron chi connectivity index (χ2n) is 6.42. The maximum Gasteiger partial charge on any atom is 0.340 e. The van der Waals surface area contributed by atoms with E-state index < -0.39 is 5.97 Å². The monoisotopic (exact) mass is 407 g/mol. The van der Waals surface area contributed by atoms with Crippen LogP contribution in [0.15, 0.2) is 48.8 Å². The van der Waals surface area contributed by atoms with Crippen molar-refractivity contribution in [3.05, 3.63) is 59.9 Å². The smallest absolute Gasteiger partial charge is 0.340 e. The van der Waals surface area contributed by atoms with Crippen LogP contribution in [0.1, 0.15) is 22.8 Å². The van der Waals surface area contributed by atoms with Gasteiger partial charge in [0.25, 0.3) is 0 Å². The van der Waals surface area contributed by atoms with Crippen molar-refractivity contribution in [1.82, 2.24) is 9.97 Å². The summed E-state index contributed by atoms with van der Waals surface area (Å²) < 4.78 is 15.8. The summed E-state index contributed by atoms with van der Waals surface area (Å²) in [6.45, 7) is 2.76. The third-order valence-electron chi connectivity index (χ3n) is 4.46. The maximum atomic E-state index is 12.2. The van der Waals surface area contributed by atoms with Gasteiger partial charge < -0.3 is 30.6 Å². The van der Waals surface area contributed by atoms with Gasteiger partial charge in [-0.1, -0.05) is 18.2 Å². The van der Waals surface area contributed by atoms with Crippen LogP contribution in [0.4, 0.5) is 23.0 Å². The van der Waals surface area contributed by atoms with Gasteiger partial charge >= 0.3 is 5.97 Å². The Morgan fingerprint density at radius 2 is 1.93 bits per heavy atom. The van der Waals surface area contributed by atoms with Gasteiger partial charge in [-0.15, -0.1) is 0 Å². The number of fused-ring (bicyclic) bond motifs is 1. The number of nitrogens with zero attached hydrogens (tertiary/aromatic N) is 2. The number of nitrogen functional groups attached to an aromatic ring is 1. The van der Waals surface area contributed by atoms with Crippen molar-refractivity contribution < 1.29 is 19.0 Å². The molecule has 154 valence electrons. The Morgan fingerprint density at radius 1 is 1.13 bits per heavy atom. The first kappa shape index (κ1) is 19.3. The summed E-state index contributed by atoms with van der Waals surface area (Å²) >= 11 is 0. The molecule has 4 rings (SSSR count). The first-order chi connectivity index (χ1) is 14.7. The molecule has 0 atom stereocenters. The summed E-state index contributed by atoms with van der Waals surface area (Å²) in [6.07, 6.45) is 1.40. The van der Waals surface area contributed by atoms with Crippen LogP contribution in [0.2, 0.25) is 0 Å².